The van der Waals surface area contributed by atoms with Crippen LogP contribution in [0.2, 0.25) is 0 Å². The van der Waals surface area contributed by atoms with Gasteiger partial charge in [-0.15, -0.1) is 0 Å². The van der Waals surface area contributed by atoms with Crippen molar-refractivity contribution in [1.29, 1.82) is 0 Å². The molecule has 110 valence electrons. The Kier molecular flexibility index (Phi) is 4.26. The minimum absolute atomic E-state index is 0.778. The highest BCUT2D eigenvalue weighted by atomic mass is 16.5. The van der Waals surface area contributed by atoms with E-state index >= 15 is 0 Å². The zero-order valence-corrected chi connectivity index (χ0v) is 12.9. The fourth-order valence-electron chi connectivity index (χ4n) is 3.00. The summed E-state index contributed by atoms with van der Waals surface area (Å²) in [7, 11) is 3.69. The van der Waals surface area contributed by atoms with Gasteiger partial charge in [-0.1, -0.05) is 36.8 Å². The molecule has 0 aliphatic heterocycles. The molecule has 2 heteroatoms. The molecule has 0 bridgehead atoms. The van der Waals surface area contributed by atoms with Gasteiger partial charge < -0.3 is 10.1 Å². The Balaban J connectivity index is 1.93. The van der Waals surface area contributed by atoms with Crippen molar-refractivity contribution in [2.24, 2.45) is 0 Å². The van der Waals surface area contributed by atoms with Gasteiger partial charge in [0.25, 0.3) is 0 Å². The Morgan fingerprint density at radius 3 is 2.57 bits per heavy atom. The van der Waals surface area contributed by atoms with E-state index in [1.807, 2.05) is 7.05 Å². The predicted molar refractivity (Wildman–Crippen MR) is 87.8 cm³/mol. The molecular weight excluding hydrogens is 258 g/mol. The van der Waals surface area contributed by atoms with Crippen LogP contribution < -0.4 is 10.1 Å². The molecule has 0 radical (unpaired) electrons. The van der Waals surface area contributed by atoms with Crippen LogP contribution in [0.15, 0.2) is 42.5 Å². The van der Waals surface area contributed by atoms with Crippen LogP contribution in [0.25, 0.3) is 11.1 Å². The van der Waals surface area contributed by atoms with E-state index in [4.69, 9.17) is 4.74 Å². The van der Waals surface area contributed by atoms with Crippen LogP contribution in [0.1, 0.15) is 36.3 Å². The van der Waals surface area contributed by atoms with E-state index in [1.165, 1.54) is 41.5 Å². The summed E-state index contributed by atoms with van der Waals surface area (Å²) in [6.07, 6.45) is 4.07. The van der Waals surface area contributed by atoms with Crippen LogP contribution in [0.3, 0.4) is 0 Å². The van der Waals surface area contributed by atoms with E-state index in [-0.39, 0.29) is 0 Å². The maximum atomic E-state index is 5.44. The second-order valence-corrected chi connectivity index (χ2v) is 5.81. The molecule has 1 aliphatic rings. The third-order valence-corrected chi connectivity index (χ3v) is 4.44. The van der Waals surface area contributed by atoms with Gasteiger partial charge in [-0.05, 0) is 54.6 Å². The zero-order chi connectivity index (χ0) is 14.7. The minimum atomic E-state index is 0.778. The van der Waals surface area contributed by atoms with Gasteiger partial charge in [0.1, 0.15) is 5.75 Å². The maximum absolute atomic E-state index is 5.44. The number of methoxy groups -OCH3 is 1. The molecule has 0 heterocycles. The molecule has 1 saturated carbocycles. The quantitative estimate of drug-likeness (QED) is 0.879. The number of rotatable bonds is 5. The molecule has 0 spiro atoms. The summed E-state index contributed by atoms with van der Waals surface area (Å²) in [5.41, 5.74) is 5.26. The number of hydrogen-bond acceptors (Lipinski definition) is 2. The molecular formula is C19H23NO. The van der Waals surface area contributed by atoms with Crippen molar-refractivity contribution in [3.63, 3.8) is 0 Å². The molecule has 0 atom stereocenters. The molecule has 2 aromatic carbocycles. The first-order chi connectivity index (χ1) is 10.3. The second-order valence-electron chi connectivity index (χ2n) is 5.81. The Morgan fingerprint density at radius 2 is 1.90 bits per heavy atom. The van der Waals surface area contributed by atoms with Crippen molar-refractivity contribution in [2.45, 2.75) is 31.7 Å². The summed E-state index contributed by atoms with van der Waals surface area (Å²) in [4.78, 5) is 0. The number of ether oxygens (including phenoxy) is 1. The van der Waals surface area contributed by atoms with Gasteiger partial charge >= 0.3 is 0 Å². The molecule has 1 fully saturated rings. The summed E-state index contributed by atoms with van der Waals surface area (Å²) in [5.74, 6) is 1.73. The summed E-state index contributed by atoms with van der Waals surface area (Å²) < 4.78 is 5.44. The van der Waals surface area contributed by atoms with Crippen molar-refractivity contribution in [3.05, 3.63) is 53.6 Å². The molecule has 2 nitrogen and oxygen atoms in total. The lowest BCUT2D eigenvalue weighted by molar-refractivity contribution is 0.408. The maximum Gasteiger partial charge on any atom is 0.123 e. The number of benzene rings is 2. The normalized spacial score (nSPS) is 14.8. The summed E-state index contributed by atoms with van der Waals surface area (Å²) in [5, 5.41) is 3.21. The highest BCUT2D eigenvalue weighted by Crippen LogP contribution is 2.38. The van der Waals surface area contributed by atoms with Gasteiger partial charge in [0.05, 0.1) is 7.11 Å². The SMILES string of the molecule is CNCc1cc(-c2cccc(C3CCC3)c2)ccc1OC. The highest BCUT2D eigenvalue weighted by Gasteiger charge is 2.19. The fraction of sp³-hybridized carbons (Fsp3) is 0.368. The zero-order valence-electron chi connectivity index (χ0n) is 12.9. The van der Waals surface area contributed by atoms with Crippen LogP contribution in [-0.4, -0.2) is 14.2 Å². The van der Waals surface area contributed by atoms with Crippen LogP contribution >= 0.6 is 0 Å². The summed E-state index contributed by atoms with van der Waals surface area (Å²) >= 11 is 0. The Morgan fingerprint density at radius 1 is 1.10 bits per heavy atom. The lowest BCUT2D eigenvalue weighted by Gasteiger charge is -2.26. The van der Waals surface area contributed by atoms with Gasteiger partial charge in [-0.3, -0.25) is 0 Å². The van der Waals surface area contributed by atoms with E-state index in [2.05, 4.69) is 47.8 Å². The predicted octanol–water partition coefficient (Wildman–Crippen LogP) is 4.35. The topological polar surface area (TPSA) is 21.3 Å². The largest absolute Gasteiger partial charge is 0.496 e. The van der Waals surface area contributed by atoms with Gasteiger partial charge in [-0.2, -0.15) is 0 Å². The third kappa shape index (κ3) is 2.96. The minimum Gasteiger partial charge on any atom is -0.496 e. The molecule has 0 saturated heterocycles. The monoisotopic (exact) mass is 281 g/mol. The van der Waals surface area contributed by atoms with Gasteiger partial charge in [0, 0.05) is 12.1 Å². The molecule has 2 aromatic rings. The average molecular weight is 281 g/mol. The van der Waals surface area contributed by atoms with E-state index in [0.717, 1.165) is 18.2 Å². The van der Waals surface area contributed by atoms with Gasteiger partial charge in [0.2, 0.25) is 0 Å². The first kappa shape index (κ1) is 14.2. The van der Waals surface area contributed by atoms with Crippen LogP contribution in [0.4, 0.5) is 0 Å². The Bertz CT molecular complexity index is 617. The molecule has 3 rings (SSSR count). The summed E-state index contributed by atoms with van der Waals surface area (Å²) in [6.45, 7) is 0.819. The van der Waals surface area contributed by atoms with Crippen molar-refractivity contribution in [1.82, 2.24) is 5.32 Å². The lowest BCUT2D eigenvalue weighted by atomic mass is 9.79. The van der Waals surface area contributed by atoms with Gasteiger partial charge in [0.15, 0.2) is 0 Å². The molecule has 1 aliphatic carbocycles. The molecule has 0 aromatic heterocycles. The first-order valence-corrected chi connectivity index (χ1v) is 7.73. The van der Waals surface area contributed by atoms with Gasteiger partial charge in [-0.25, -0.2) is 0 Å². The Labute approximate surface area is 127 Å². The van der Waals surface area contributed by atoms with Crippen molar-refractivity contribution in [2.75, 3.05) is 14.2 Å². The standard InChI is InChI=1S/C19H23NO/c1-20-13-18-12-17(9-10-19(18)21-2)16-8-4-7-15(11-16)14-5-3-6-14/h4,7-12,14,20H,3,5-6,13H2,1-2H3. The molecule has 0 amide bonds. The number of hydrogen-bond donors (Lipinski definition) is 1. The van der Waals surface area contributed by atoms with E-state index < -0.39 is 0 Å². The highest BCUT2D eigenvalue weighted by molar-refractivity contribution is 5.66. The molecule has 0 unspecified atom stereocenters. The van der Waals surface area contributed by atoms with Crippen molar-refractivity contribution < 1.29 is 4.74 Å². The van der Waals surface area contributed by atoms with Crippen LogP contribution in [0, 0.1) is 0 Å². The molecule has 1 N–H and O–H groups in total. The van der Waals surface area contributed by atoms with E-state index in [1.54, 1.807) is 7.11 Å². The van der Waals surface area contributed by atoms with E-state index in [0.29, 0.717) is 0 Å². The van der Waals surface area contributed by atoms with Crippen molar-refractivity contribution >= 4 is 0 Å². The van der Waals surface area contributed by atoms with Crippen molar-refractivity contribution in [3.8, 4) is 16.9 Å². The third-order valence-electron chi connectivity index (χ3n) is 4.44. The number of nitrogens with one attached hydrogen (secondary N) is 1. The Hall–Kier alpha value is -1.80. The molecule has 21 heavy (non-hydrogen) atoms. The fourth-order valence-corrected chi connectivity index (χ4v) is 3.00. The second kappa shape index (κ2) is 6.31. The van der Waals surface area contributed by atoms with E-state index in [9.17, 15) is 0 Å². The summed E-state index contributed by atoms with van der Waals surface area (Å²) in [6, 6.07) is 15.5. The van der Waals surface area contributed by atoms with Crippen LogP contribution in [-0.2, 0) is 6.54 Å². The average Bonchev–Trinajstić information content (AvgIpc) is 2.46. The smallest absolute Gasteiger partial charge is 0.123 e. The lowest BCUT2D eigenvalue weighted by Crippen LogP contribution is -2.08. The first-order valence-electron chi connectivity index (χ1n) is 7.73. The van der Waals surface area contributed by atoms with Crippen LogP contribution in [0.5, 0.6) is 5.75 Å².